The van der Waals surface area contributed by atoms with E-state index in [0.29, 0.717) is 5.57 Å². The monoisotopic (exact) mass is 132 g/mol. The highest BCUT2D eigenvalue weighted by atomic mass is 19.1. The van der Waals surface area contributed by atoms with Crippen LogP contribution in [-0.4, -0.2) is 17.2 Å². The van der Waals surface area contributed by atoms with Gasteiger partial charge in [0.1, 0.15) is 0 Å². The molecule has 1 atom stereocenters. The summed E-state index contributed by atoms with van der Waals surface area (Å²) in [5, 5.41) is 8.01. The molecule has 1 N–H and O–H groups in total. The number of rotatable bonds is 3. The Bertz CT molecular complexity index is 131. The van der Waals surface area contributed by atoms with Crippen LogP contribution in [-0.2, 0) is 4.79 Å². The van der Waals surface area contributed by atoms with Gasteiger partial charge < -0.3 is 5.11 Å². The molecule has 0 aromatic rings. The number of alkyl halides is 1. The molecular formula is C6H9FO2. The van der Waals surface area contributed by atoms with Crippen LogP contribution in [0.2, 0.25) is 0 Å². The highest BCUT2D eigenvalue weighted by Gasteiger charge is 2.14. The van der Waals surface area contributed by atoms with E-state index in [2.05, 4.69) is 6.58 Å². The first-order valence-electron chi connectivity index (χ1n) is 2.55. The van der Waals surface area contributed by atoms with Crippen molar-refractivity contribution in [1.29, 1.82) is 0 Å². The molecule has 0 radical (unpaired) electrons. The first kappa shape index (κ1) is 8.14. The Morgan fingerprint density at radius 3 is 2.44 bits per heavy atom. The average molecular weight is 132 g/mol. The summed E-state index contributed by atoms with van der Waals surface area (Å²) in [6.45, 7) is 4.97. The topological polar surface area (TPSA) is 37.3 Å². The molecule has 0 bridgehead atoms. The van der Waals surface area contributed by atoms with Crippen molar-refractivity contribution in [2.24, 2.45) is 0 Å². The van der Waals surface area contributed by atoms with Crippen LogP contribution in [0.5, 0.6) is 0 Å². The minimum Gasteiger partial charge on any atom is -0.479 e. The van der Waals surface area contributed by atoms with E-state index in [1.54, 1.807) is 6.92 Å². The van der Waals surface area contributed by atoms with Gasteiger partial charge in [0.25, 0.3) is 0 Å². The van der Waals surface area contributed by atoms with E-state index < -0.39 is 12.1 Å². The van der Waals surface area contributed by atoms with E-state index in [-0.39, 0.29) is 6.42 Å². The van der Waals surface area contributed by atoms with Crippen LogP contribution in [0.15, 0.2) is 12.2 Å². The summed E-state index contributed by atoms with van der Waals surface area (Å²) in [7, 11) is 0. The number of allylic oxidation sites excluding steroid dienone is 1. The lowest BCUT2D eigenvalue weighted by Gasteiger charge is -1.99. The van der Waals surface area contributed by atoms with Crippen molar-refractivity contribution in [1.82, 2.24) is 0 Å². The summed E-state index contributed by atoms with van der Waals surface area (Å²) >= 11 is 0. The fourth-order valence-corrected chi connectivity index (χ4v) is 0.393. The molecule has 0 heterocycles. The molecule has 0 aliphatic heterocycles. The molecule has 0 aromatic carbocycles. The van der Waals surface area contributed by atoms with Crippen LogP contribution >= 0.6 is 0 Å². The number of carboxylic acids is 1. The fraction of sp³-hybridized carbons (Fsp3) is 0.500. The number of carbonyl (C=O) groups is 1. The lowest BCUT2D eigenvalue weighted by molar-refractivity contribution is -0.142. The van der Waals surface area contributed by atoms with Crippen LogP contribution in [0.3, 0.4) is 0 Å². The van der Waals surface area contributed by atoms with Crippen molar-refractivity contribution in [3.63, 3.8) is 0 Å². The molecule has 0 fully saturated rings. The Morgan fingerprint density at radius 2 is 2.33 bits per heavy atom. The van der Waals surface area contributed by atoms with E-state index in [9.17, 15) is 9.18 Å². The summed E-state index contributed by atoms with van der Waals surface area (Å²) in [5.74, 6) is -1.42. The lowest BCUT2D eigenvalue weighted by atomic mass is 10.2. The molecular weight excluding hydrogens is 123 g/mol. The van der Waals surface area contributed by atoms with Crippen LogP contribution in [0, 0.1) is 0 Å². The van der Waals surface area contributed by atoms with Gasteiger partial charge in [-0.1, -0.05) is 5.57 Å². The maximum Gasteiger partial charge on any atom is 0.338 e. The van der Waals surface area contributed by atoms with Crippen molar-refractivity contribution in [3.05, 3.63) is 12.2 Å². The molecule has 0 saturated carbocycles. The van der Waals surface area contributed by atoms with Gasteiger partial charge in [-0.3, -0.25) is 0 Å². The molecule has 52 valence electrons. The number of aliphatic carboxylic acids is 1. The van der Waals surface area contributed by atoms with E-state index in [4.69, 9.17) is 5.11 Å². The predicted molar refractivity (Wildman–Crippen MR) is 32.0 cm³/mol. The normalized spacial score (nSPS) is 12.7. The molecule has 0 aromatic heterocycles. The molecule has 9 heavy (non-hydrogen) atoms. The van der Waals surface area contributed by atoms with Crippen molar-refractivity contribution >= 4 is 5.97 Å². The van der Waals surface area contributed by atoms with Gasteiger partial charge in [-0.2, -0.15) is 0 Å². The fourth-order valence-electron chi connectivity index (χ4n) is 0.393. The van der Waals surface area contributed by atoms with Gasteiger partial charge in [-0.25, -0.2) is 9.18 Å². The lowest BCUT2D eigenvalue weighted by Crippen LogP contribution is -2.13. The van der Waals surface area contributed by atoms with Crippen LogP contribution in [0.25, 0.3) is 0 Å². The van der Waals surface area contributed by atoms with E-state index in [1.807, 2.05) is 0 Å². The zero-order valence-corrected chi connectivity index (χ0v) is 5.22. The van der Waals surface area contributed by atoms with Crippen molar-refractivity contribution in [2.75, 3.05) is 0 Å². The zero-order valence-electron chi connectivity index (χ0n) is 5.22. The Kier molecular flexibility index (Phi) is 2.91. The Labute approximate surface area is 53.0 Å². The van der Waals surface area contributed by atoms with Crippen molar-refractivity contribution < 1.29 is 14.3 Å². The van der Waals surface area contributed by atoms with Crippen LogP contribution < -0.4 is 0 Å². The van der Waals surface area contributed by atoms with Gasteiger partial charge in [-0.05, 0) is 6.92 Å². The number of carboxylic acid groups (broad SMARTS) is 1. The third-order valence-electron chi connectivity index (χ3n) is 0.796. The van der Waals surface area contributed by atoms with E-state index >= 15 is 0 Å². The summed E-state index contributed by atoms with van der Waals surface area (Å²) in [5.41, 5.74) is 0.546. The van der Waals surface area contributed by atoms with Gasteiger partial charge >= 0.3 is 5.97 Å². The average Bonchev–Trinajstić information content (AvgIpc) is 1.63. The summed E-state index contributed by atoms with van der Waals surface area (Å²) < 4.78 is 12.1. The molecule has 0 aliphatic carbocycles. The molecule has 0 saturated heterocycles. The van der Waals surface area contributed by atoms with E-state index in [1.165, 1.54) is 0 Å². The smallest absolute Gasteiger partial charge is 0.338 e. The van der Waals surface area contributed by atoms with Crippen LogP contribution in [0.1, 0.15) is 13.3 Å². The van der Waals surface area contributed by atoms with Crippen molar-refractivity contribution in [2.45, 2.75) is 19.5 Å². The van der Waals surface area contributed by atoms with Gasteiger partial charge in [0, 0.05) is 6.42 Å². The molecule has 3 heteroatoms. The predicted octanol–water partition coefficient (Wildman–Crippen LogP) is 1.38. The van der Waals surface area contributed by atoms with E-state index in [0.717, 1.165) is 0 Å². The molecule has 0 rings (SSSR count). The summed E-state index contributed by atoms with van der Waals surface area (Å²) in [4.78, 5) is 9.82. The SMILES string of the molecule is C=C(C)C[C@@H](F)C(=O)O. The molecule has 0 unspecified atom stereocenters. The first-order chi connectivity index (χ1) is 4.04. The molecule has 0 amide bonds. The number of hydrogen-bond acceptors (Lipinski definition) is 1. The third kappa shape index (κ3) is 3.70. The number of halogens is 1. The largest absolute Gasteiger partial charge is 0.479 e. The minimum atomic E-state index is -1.79. The molecule has 2 nitrogen and oxygen atoms in total. The van der Waals surface area contributed by atoms with Gasteiger partial charge in [0.05, 0.1) is 0 Å². The zero-order chi connectivity index (χ0) is 7.44. The molecule has 0 spiro atoms. The highest BCUT2D eigenvalue weighted by molar-refractivity contribution is 5.72. The minimum absolute atomic E-state index is 0.0880. The first-order valence-corrected chi connectivity index (χ1v) is 2.55. The Hall–Kier alpha value is -0.860. The third-order valence-corrected chi connectivity index (χ3v) is 0.796. The molecule has 0 aliphatic rings. The Morgan fingerprint density at radius 1 is 1.89 bits per heavy atom. The summed E-state index contributed by atoms with van der Waals surface area (Å²) in [6.07, 6.45) is -1.88. The standard InChI is InChI=1S/C6H9FO2/c1-4(2)3-5(7)6(8)9/h5H,1,3H2,2H3,(H,8,9)/t5-/m1/s1. The summed E-state index contributed by atoms with van der Waals surface area (Å²) in [6, 6.07) is 0. The second-order valence-electron chi connectivity index (χ2n) is 1.97. The quantitative estimate of drug-likeness (QED) is 0.589. The maximum atomic E-state index is 12.1. The second-order valence-corrected chi connectivity index (χ2v) is 1.97. The Balaban J connectivity index is 3.63. The van der Waals surface area contributed by atoms with Crippen LogP contribution in [0.4, 0.5) is 4.39 Å². The van der Waals surface area contributed by atoms with Gasteiger partial charge in [0.2, 0.25) is 6.17 Å². The van der Waals surface area contributed by atoms with Crippen molar-refractivity contribution in [3.8, 4) is 0 Å². The maximum absolute atomic E-state index is 12.1. The number of hydrogen-bond donors (Lipinski definition) is 1. The second kappa shape index (κ2) is 3.22. The van der Waals surface area contributed by atoms with Gasteiger partial charge in [-0.15, -0.1) is 6.58 Å². The highest BCUT2D eigenvalue weighted by Crippen LogP contribution is 2.04. The van der Waals surface area contributed by atoms with Gasteiger partial charge in [0.15, 0.2) is 0 Å².